The van der Waals surface area contributed by atoms with E-state index in [1.807, 2.05) is 6.07 Å². The predicted molar refractivity (Wildman–Crippen MR) is 57.9 cm³/mol. The van der Waals surface area contributed by atoms with E-state index in [0.717, 1.165) is 30.4 Å². The molecule has 0 radical (unpaired) electrons. The molecule has 0 heterocycles. The van der Waals surface area contributed by atoms with Crippen LogP contribution in [0, 0.1) is 0 Å². The average molecular weight is 245 g/mol. The average Bonchev–Trinajstić information content (AvgIpc) is 2.26. The van der Waals surface area contributed by atoms with Crippen molar-refractivity contribution in [3.63, 3.8) is 0 Å². The molecule has 1 atom stereocenters. The number of rotatable bonds is 2. The minimum Gasteiger partial charge on any atom is -0.484 e. The summed E-state index contributed by atoms with van der Waals surface area (Å²) in [5.74, 6) is 0.315. The van der Waals surface area contributed by atoms with E-state index in [1.54, 1.807) is 12.1 Å². The molecule has 2 N–H and O–H groups in total. The Bertz CT molecular complexity index is 403. The van der Waals surface area contributed by atoms with Crippen LogP contribution in [-0.2, 0) is 6.42 Å². The minimum atomic E-state index is -4.31. The van der Waals surface area contributed by atoms with Crippen molar-refractivity contribution in [3.05, 3.63) is 29.3 Å². The van der Waals surface area contributed by atoms with Crippen molar-refractivity contribution in [2.45, 2.75) is 31.5 Å². The normalized spacial score (nSPS) is 19.9. The Hall–Kier alpha value is -1.23. The number of alkyl halides is 3. The molecule has 0 saturated heterocycles. The molecule has 0 spiro atoms. The molecule has 0 aliphatic heterocycles. The second kappa shape index (κ2) is 4.56. The molecule has 0 unspecified atom stereocenters. The largest absolute Gasteiger partial charge is 0.484 e. The maximum absolute atomic E-state index is 12.1. The van der Waals surface area contributed by atoms with E-state index in [0.29, 0.717) is 5.75 Å². The molecule has 0 aromatic heterocycles. The standard InChI is InChI=1S/C12H14F3NO/c13-12(14,15)7-17-11-6-2-3-8-9(11)4-1-5-10(8)16/h2-3,6,10H,1,4-5,7,16H2/t10-/m0/s1. The Balaban J connectivity index is 2.21. The van der Waals surface area contributed by atoms with Gasteiger partial charge in [-0.15, -0.1) is 0 Å². The fourth-order valence-corrected chi connectivity index (χ4v) is 2.15. The number of benzene rings is 1. The Kier molecular flexibility index (Phi) is 3.28. The molecule has 1 aliphatic carbocycles. The van der Waals surface area contributed by atoms with Crippen LogP contribution >= 0.6 is 0 Å². The van der Waals surface area contributed by atoms with Gasteiger partial charge < -0.3 is 10.5 Å². The topological polar surface area (TPSA) is 35.2 Å². The molecule has 2 rings (SSSR count). The van der Waals surface area contributed by atoms with Crippen LogP contribution in [0.25, 0.3) is 0 Å². The molecular weight excluding hydrogens is 231 g/mol. The third kappa shape index (κ3) is 2.91. The number of halogens is 3. The molecular formula is C12H14F3NO. The predicted octanol–water partition coefficient (Wildman–Crippen LogP) is 2.96. The van der Waals surface area contributed by atoms with Crippen molar-refractivity contribution in [1.82, 2.24) is 0 Å². The van der Waals surface area contributed by atoms with Gasteiger partial charge in [0.2, 0.25) is 0 Å². The van der Waals surface area contributed by atoms with Gasteiger partial charge in [0, 0.05) is 6.04 Å². The lowest BCUT2D eigenvalue weighted by Crippen LogP contribution is -2.22. The first kappa shape index (κ1) is 12.2. The SMILES string of the molecule is N[C@H]1CCCc2c(OCC(F)(F)F)cccc21. The quantitative estimate of drug-likeness (QED) is 0.869. The monoisotopic (exact) mass is 245 g/mol. The lowest BCUT2D eigenvalue weighted by atomic mass is 9.88. The van der Waals surface area contributed by atoms with Gasteiger partial charge in [-0.2, -0.15) is 13.2 Å². The summed E-state index contributed by atoms with van der Waals surface area (Å²) in [6.07, 6.45) is -1.81. The summed E-state index contributed by atoms with van der Waals surface area (Å²) < 4.78 is 41.1. The lowest BCUT2D eigenvalue weighted by molar-refractivity contribution is -0.153. The zero-order valence-electron chi connectivity index (χ0n) is 9.26. The highest BCUT2D eigenvalue weighted by atomic mass is 19.4. The van der Waals surface area contributed by atoms with E-state index in [9.17, 15) is 13.2 Å². The minimum absolute atomic E-state index is 0.0896. The number of fused-ring (bicyclic) bond motifs is 1. The van der Waals surface area contributed by atoms with Gasteiger partial charge in [0.25, 0.3) is 0 Å². The van der Waals surface area contributed by atoms with Gasteiger partial charge in [-0.1, -0.05) is 12.1 Å². The van der Waals surface area contributed by atoms with Crippen molar-refractivity contribution in [1.29, 1.82) is 0 Å². The van der Waals surface area contributed by atoms with Gasteiger partial charge in [-0.05, 0) is 36.5 Å². The lowest BCUT2D eigenvalue weighted by Gasteiger charge is -2.24. The molecule has 94 valence electrons. The van der Waals surface area contributed by atoms with Gasteiger partial charge >= 0.3 is 6.18 Å². The smallest absolute Gasteiger partial charge is 0.422 e. The van der Waals surface area contributed by atoms with Crippen molar-refractivity contribution in [2.75, 3.05) is 6.61 Å². The molecule has 1 aromatic carbocycles. The van der Waals surface area contributed by atoms with Crippen molar-refractivity contribution in [2.24, 2.45) is 5.73 Å². The second-order valence-electron chi connectivity index (χ2n) is 4.23. The second-order valence-corrected chi connectivity index (χ2v) is 4.23. The third-order valence-corrected chi connectivity index (χ3v) is 2.90. The Morgan fingerprint density at radius 2 is 2.12 bits per heavy atom. The highest BCUT2D eigenvalue weighted by Gasteiger charge is 2.29. The molecule has 5 heteroatoms. The number of ether oxygens (including phenoxy) is 1. The molecule has 2 nitrogen and oxygen atoms in total. The maximum Gasteiger partial charge on any atom is 0.422 e. The molecule has 0 amide bonds. The summed E-state index contributed by atoms with van der Waals surface area (Å²) in [4.78, 5) is 0. The van der Waals surface area contributed by atoms with Crippen molar-refractivity contribution >= 4 is 0 Å². The fraction of sp³-hybridized carbons (Fsp3) is 0.500. The molecule has 17 heavy (non-hydrogen) atoms. The summed E-state index contributed by atoms with van der Waals surface area (Å²) in [5.41, 5.74) is 7.66. The summed E-state index contributed by atoms with van der Waals surface area (Å²) >= 11 is 0. The van der Waals surface area contributed by atoms with Gasteiger partial charge in [0.1, 0.15) is 5.75 Å². The summed E-state index contributed by atoms with van der Waals surface area (Å²) in [7, 11) is 0. The van der Waals surface area contributed by atoms with E-state index in [4.69, 9.17) is 10.5 Å². The summed E-state index contributed by atoms with van der Waals surface area (Å²) in [5, 5.41) is 0. The molecule has 1 aromatic rings. The molecule has 0 saturated carbocycles. The van der Waals surface area contributed by atoms with Crippen LogP contribution in [0.1, 0.15) is 30.0 Å². The van der Waals surface area contributed by atoms with Crippen LogP contribution < -0.4 is 10.5 Å². The summed E-state index contributed by atoms with van der Waals surface area (Å²) in [6.45, 7) is -1.25. The van der Waals surface area contributed by atoms with E-state index >= 15 is 0 Å². The number of hydrogen-bond donors (Lipinski definition) is 1. The Labute approximate surface area is 97.6 Å². The Morgan fingerprint density at radius 3 is 2.82 bits per heavy atom. The van der Waals surface area contributed by atoms with Gasteiger partial charge in [-0.3, -0.25) is 0 Å². The van der Waals surface area contributed by atoms with Crippen LogP contribution in [-0.4, -0.2) is 12.8 Å². The molecule has 0 fully saturated rings. The maximum atomic E-state index is 12.1. The highest BCUT2D eigenvalue weighted by molar-refractivity contribution is 5.43. The van der Waals surface area contributed by atoms with Gasteiger partial charge in [-0.25, -0.2) is 0 Å². The van der Waals surface area contributed by atoms with Crippen molar-refractivity contribution < 1.29 is 17.9 Å². The first-order chi connectivity index (χ1) is 7.97. The zero-order chi connectivity index (χ0) is 12.5. The number of hydrogen-bond acceptors (Lipinski definition) is 2. The Morgan fingerprint density at radius 1 is 1.35 bits per heavy atom. The third-order valence-electron chi connectivity index (χ3n) is 2.90. The molecule has 0 bridgehead atoms. The first-order valence-electron chi connectivity index (χ1n) is 5.54. The van der Waals surface area contributed by atoms with E-state index in [1.165, 1.54) is 0 Å². The van der Waals surface area contributed by atoms with Crippen LogP contribution in [0.3, 0.4) is 0 Å². The van der Waals surface area contributed by atoms with Crippen LogP contribution in [0.2, 0.25) is 0 Å². The molecule has 1 aliphatic rings. The van der Waals surface area contributed by atoms with E-state index in [2.05, 4.69) is 0 Å². The highest BCUT2D eigenvalue weighted by Crippen LogP contribution is 2.34. The van der Waals surface area contributed by atoms with Crippen LogP contribution in [0.15, 0.2) is 18.2 Å². The van der Waals surface area contributed by atoms with Crippen LogP contribution in [0.4, 0.5) is 13.2 Å². The van der Waals surface area contributed by atoms with Gasteiger partial charge in [0.05, 0.1) is 0 Å². The van der Waals surface area contributed by atoms with E-state index in [-0.39, 0.29) is 6.04 Å². The number of nitrogens with two attached hydrogens (primary N) is 1. The zero-order valence-corrected chi connectivity index (χ0v) is 9.26. The van der Waals surface area contributed by atoms with Gasteiger partial charge in [0.15, 0.2) is 6.61 Å². The summed E-state index contributed by atoms with van der Waals surface area (Å²) in [6, 6.07) is 5.03. The fourth-order valence-electron chi connectivity index (χ4n) is 2.15. The van der Waals surface area contributed by atoms with Crippen LogP contribution in [0.5, 0.6) is 5.75 Å². The van der Waals surface area contributed by atoms with E-state index < -0.39 is 12.8 Å². The van der Waals surface area contributed by atoms with Crippen molar-refractivity contribution in [3.8, 4) is 5.75 Å². The first-order valence-corrected chi connectivity index (χ1v) is 5.54.